The van der Waals surface area contributed by atoms with E-state index in [1.807, 2.05) is 0 Å². The zero-order valence-corrected chi connectivity index (χ0v) is 9.24. The predicted octanol–water partition coefficient (Wildman–Crippen LogP) is -0.862. The number of hydrogen-bond donors (Lipinski definition) is 6. The number of rotatable bonds is 1. The Labute approximate surface area is 102 Å². The van der Waals surface area contributed by atoms with E-state index in [9.17, 15) is 4.79 Å². The number of para-hydroxylation sites is 1. The van der Waals surface area contributed by atoms with Crippen molar-refractivity contribution in [2.75, 3.05) is 0 Å². The van der Waals surface area contributed by atoms with Crippen molar-refractivity contribution in [2.45, 2.75) is 0 Å². The van der Waals surface area contributed by atoms with Gasteiger partial charge in [0.1, 0.15) is 11.3 Å². The summed E-state index contributed by atoms with van der Waals surface area (Å²) >= 11 is 0. The van der Waals surface area contributed by atoms with Crippen molar-refractivity contribution in [1.82, 2.24) is 0 Å². The van der Waals surface area contributed by atoms with Gasteiger partial charge in [0.05, 0.1) is 0 Å². The number of urea groups is 2. The minimum absolute atomic E-state index is 0.0671. The summed E-state index contributed by atoms with van der Waals surface area (Å²) in [6, 6.07) is 4.14. The number of carboxylic acid groups (broad SMARTS) is 1. The van der Waals surface area contributed by atoms with Crippen LogP contribution in [0.1, 0.15) is 10.4 Å². The van der Waals surface area contributed by atoms with E-state index in [4.69, 9.17) is 19.8 Å². The molecule has 9 nitrogen and oxygen atoms in total. The van der Waals surface area contributed by atoms with E-state index in [1.54, 1.807) is 12.1 Å². The topological polar surface area (TPSA) is 196 Å². The van der Waals surface area contributed by atoms with E-state index >= 15 is 0 Å². The molecule has 9 heteroatoms. The van der Waals surface area contributed by atoms with Crippen molar-refractivity contribution in [3.8, 4) is 5.75 Å². The fraction of sp³-hybridized carbons (Fsp3) is 0. The summed E-state index contributed by atoms with van der Waals surface area (Å²) in [5.41, 5.74) is 16.9. The van der Waals surface area contributed by atoms with Crippen molar-refractivity contribution in [1.29, 1.82) is 0 Å². The fourth-order valence-electron chi connectivity index (χ4n) is 0.654. The van der Waals surface area contributed by atoms with E-state index in [-0.39, 0.29) is 11.3 Å². The number of aromatic hydroxyl groups is 1. The van der Waals surface area contributed by atoms with Gasteiger partial charge in [0.2, 0.25) is 0 Å². The summed E-state index contributed by atoms with van der Waals surface area (Å²) in [5, 5.41) is 17.3. The third-order valence-electron chi connectivity index (χ3n) is 1.13. The first-order chi connectivity index (χ1) is 8.18. The Hall–Kier alpha value is -2.97. The molecule has 0 heterocycles. The maximum atomic E-state index is 10.3. The molecule has 0 aliphatic rings. The first-order valence-electron chi connectivity index (χ1n) is 4.29. The first kappa shape index (κ1) is 17.4. The average Bonchev–Trinajstić information content (AvgIpc) is 2.15. The standard InChI is InChI=1S/C7H6O3.2CH4N2O/c8-6-4-2-1-3-5(6)7(9)10;2*2-1(3)4/h1-4,8H,(H,9,10);2*(H4,2,3,4). The highest BCUT2D eigenvalue weighted by Crippen LogP contribution is 2.14. The number of carboxylic acids is 1. The van der Waals surface area contributed by atoms with Crippen LogP contribution in [0.2, 0.25) is 0 Å². The van der Waals surface area contributed by atoms with Crippen LogP contribution in [-0.2, 0) is 0 Å². The molecule has 1 rings (SSSR count). The number of carbonyl (C=O) groups excluding carboxylic acids is 2. The van der Waals surface area contributed by atoms with Crippen molar-refractivity contribution >= 4 is 18.0 Å². The highest BCUT2D eigenvalue weighted by molar-refractivity contribution is 5.90. The lowest BCUT2D eigenvalue weighted by atomic mass is 10.2. The molecule has 100 valence electrons. The SMILES string of the molecule is NC(N)=O.NC(N)=O.O=C(O)c1ccccc1O. The molecule has 1 aromatic carbocycles. The van der Waals surface area contributed by atoms with Crippen molar-refractivity contribution in [2.24, 2.45) is 22.9 Å². The summed E-state index contributed by atoms with van der Waals surface area (Å²) < 4.78 is 0. The molecule has 0 fully saturated rings. The van der Waals surface area contributed by atoms with Gasteiger partial charge in [-0.2, -0.15) is 0 Å². The van der Waals surface area contributed by atoms with Gasteiger partial charge < -0.3 is 33.1 Å². The van der Waals surface area contributed by atoms with Crippen LogP contribution in [0, 0.1) is 0 Å². The van der Waals surface area contributed by atoms with Crippen molar-refractivity contribution < 1.29 is 24.6 Å². The smallest absolute Gasteiger partial charge is 0.339 e. The average molecular weight is 258 g/mol. The molecule has 0 bridgehead atoms. The van der Waals surface area contributed by atoms with Crippen LogP contribution in [0.3, 0.4) is 0 Å². The Morgan fingerprint density at radius 3 is 1.44 bits per heavy atom. The van der Waals surface area contributed by atoms with Crippen LogP contribution in [0.4, 0.5) is 9.59 Å². The van der Waals surface area contributed by atoms with E-state index < -0.39 is 18.0 Å². The molecule has 0 radical (unpaired) electrons. The molecule has 10 N–H and O–H groups in total. The molecule has 0 unspecified atom stereocenters. The van der Waals surface area contributed by atoms with Gasteiger partial charge in [-0.3, -0.25) is 0 Å². The number of phenols is 1. The van der Waals surface area contributed by atoms with Crippen LogP contribution in [0.25, 0.3) is 0 Å². The molecular weight excluding hydrogens is 244 g/mol. The molecule has 1 aromatic rings. The van der Waals surface area contributed by atoms with Gasteiger partial charge in [-0.1, -0.05) is 12.1 Å². The van der Waals surface area contributed by atoms with Crippen LogP contribution < -0.4 is 22.9 Å². The Morgan fingerprint density at radius 2 is 1.22 bits per heavy atom. The lowest BCUT2D eigenvalue weighted by molar-refractivity contribution is 0.0693. The Balaban J connectivity index is 0. The van der Waals surface area contributed by atoms with E-state index in [2.05, 4.69) is 22.9 Å². The Kier molecular flexibility index (Phi) is 8.97. The second kappa shape index (κ2) is 9.27. The van der Waals surface area contributed by atoms with Crippen LogP contribution >= 0.6 is 0 Å². The van der Waals surface area contributed by atoms with Gasteiger partial charge in [-0.25, -0.2) is 14.4 Å². The molecule has 0 atom stereocenters. The molecule has 0 spiro atoms. The Bertz CT molecular complexity index is 401. The maximum absolute atomic E-state index is 10.3. The van der Waals surface area contributed by atoms with Crippen LogP contribution in [-0.4, -0.2) is 28.2 Å². The van der Waals surface area contributed by atoms with E-state index in [0.29, 0.717) is 0 Å². The number of benzene rings is 1. The minimum Gasteiger partial charge on any atom is -0.507 e. The highest BCUT2D eigenvalue weighted by atomic mass is 16.4. The monoisotopic (exact) mass is 258 g/mol. The largest absolute Gasteiger partial charge is 0.507 e. The molecule has 4 amide bonds. The predicted molar refractivity (Wildman–Crippen MR) is 62.6 cm³/mol. The maximum Gasteiger partial charge on any atom is 0.339 e. The molecule has 0 aliphatic heterocycles. The number of amides is 4. The molecule has 0 aliphatic carbocycles. The third kappa shape index (κ3) is 13.0. The number of hydrogen-bond acceptors (Lipinski definition) is 4. The minimum atomic E-state index is -1.11. The summed E-state index contributed by atoms with van der Waals surface area (Å²) in [6.45, 7) is 0. The number of nitrogens with two attached hydrogens (primary N) is 4. The summed E-state index contributed by atoms with van der Waals surface area (Å²) in [5.74, 6) is -1.31. The third-order valence-corrected chi connectivity index (χ3v) is 1.13. The quantitative estimate of drug-likeness (QED) is 0.380. The van der Waals surface area contributed by atoms with E-state index in [1.165, 1.54) is 12.1 Å². The normalized spacial score (nSPS) is 7.78. The molecule has 18 heavy (non-hydrogen) atoms. The van der Waals surface area contributed by atoms with Crippen molar-refractivity contribution in [3.63, 3.8) is 0 Å². The van der Waals surface area contributed by atoms with Gasteiger partial charge in [-0.15, -0.1) is 0 Å². The summed E-state index contributed by atoms with van der Waals surface area (Å²) in [7, 11) is 0. The molecule has 0 aromatic heterocycles. The molecular formula is C9H14N4O5. The second-order valence-electron chi connectivity index (χ2n) is 2.63. The molecule has 0 saturated carbocycles. The van der Waals surface area contributed by atoms with Crippen LogP contribution in [0.15, 0.2) is 24.3 Å². The summed E-state index contributed by atoms with van der Waals surface area (Å²) in [6.07, 6.45) is 0. The number of aromatic carboxylic acids is 1. The highest BCUT2D eigenvalue weighted by Gasteiger charge is 2.05. The van der Waals surface area contributed by atoms with Gasteiger partial charge in [0, 0.05) is 0 Å². The van der Waals surface area contributed by atoms with E-state index in [0.717, 1.165) is 0 Å². The van der Waals surface area contributed by atoms with Gasteiger partial charge in [0.15, 0.2) is 0 Å². The lowest BCUT2D eigenvalue weighted by Crippen LogP contribution is -2.18. The van der Waals surface area contributed by atoms with Gasteiger partial charge in [-0.05, 0) is 12.1 Å². The first-order valence-corrected chi connectivity index (χ1v) is 4.29. The van der Waals surface area contributed by atoms with Crippen molar-refractivity contribution in [3.05, 3.63) is 29.8 Å². The lowest BCUT2D eigenvalue weighted by Gasteiger charge is -1.95. The zero-order chi connectivity index (χ0) is 14.7. The fourth-order valence-corrected chi connectivity index (χ4v) is 0.654. The molecule has 0 saturated heterocycles. The number of primary amides is 4. The Morgan fingerprint density at radius 1 is 0.889 bits per heavy atom. The zero-order valence-electron chi connectivity index (χ0n) is 9.24. The van der Waals surface area contributed by atoms with Gasteiger partial charge in [0.25, 0.3) is 0 Å². The second-order valence-corrected chi connectivity index (χ2v) is 2.63. The van der Waals surface area contributed by atoms with Crippen LogP contribution in [0.5, 0.6) is 5.75 Å². The van der Waals surface area contributed by atoms with Gasteiger partial charge >= 0.3 is 18.0 Å². The number of carbonyl (C=O) groups is 3. The summed E-state index contributed by atoms with van der Waals surface area (Å²) in [4.78, 5) is 28.3.